The van der Waals surface area contributed by atoms with Crippen molar-refractivity contribution >= 4 is 50.0 Å². The molecule has 0 saturated carbocycles. The number of benzene rings is 1. The van der Waals surface area contributed by atoms with E-state index in [2.05, 4.69) is 54.9 Å². The Morgan fingerprint density at radius 3 is 2.83 bits per heavy atom. The molecule has 1 N–H and O–H groups in total. The largest absolute Gasteiger partial charge is 0.338 e. The molecule has 0 fully saturated rings. The Labute approximate surface area is 128 Å². The first kappa shape index (κ1) is 13.3. The Morgan fingerprint density at radius 1 is 1.33 bits per heavy atom. The van der Waals surface area contributed by atoms with Crippen LogP contribution >= 0.6 is 38.5 Å². The Hall–Kier alpha value is -1.13. The highest BCUT2D eigenvalue weighted by Crippen LogP contribution is 2.28. The fourth-order valence-corrected chi connectivity index (χ4v) is 2.30. The number of anilines is 2. The summed E-state index contributed by atoms with van der Waals surface area (Å²) in [5, 5.41) is 12.3. The molecule has 1 aromatic heterocycles. The molecule has 0 amide bonds. The van der Waals surface area contributed by atoms with Gasteiger partial charge in [0.05, 0.1) is 11.3 Å². The molecule has 18 heavy (non-hydrogen) atoms. The zero-order valence-corrected chi connectivity index (χ0v) is 13.3. The first-order valence-corrected chi connectivity index (χ1v) is 7.07. The molecule has 0 radical (unpaired) electrons. The molecular formula is C13H9BrIN3. The summed E-state index contributed by atoms with van der Waals surface area (Å²) in [6.07, 6.45) is 0. The monoisotopic (exact) mass is 413 g/mol. The van der Waals surface area contributed by atoms with Crippen LogP contribution < -0.4 is 5.32 Å². The zero-order chi connectivity index (χ0) is 13.1. The van der Waals surface area contributed by atoms with Gasteiger partial charge in [-0.3, -0.25) is 0 Å². The summed E-state index contributed by atoms with van der Waals surface area (Å²) < 4.78 is 2.06. The third kappa shape index (κ3) is 3.00. The molecule has 3 nitrogen and oxygen atoms in total. The van der Waals surface area contributed by atoms with Crippen molar-refractivity contribution in [2.75, 3.05) is 5.32 Å². The first-order chi connectivity index (χ1) is 8.60. The van der Waals surface area contributed by atoms with E-state index < -0.39 is 0 Å². The number of nitrogens with zero attached hydrogens (tertiary/aromatic N) is 2. The number of aryl methyl sites for hydroxylation is 1. The summed E-state index contributed by atoms with van der Waals surface area (Å²) in [4.78, 5) is 4.35. The maximum Gasteiger partial charge on any atom is 0.148 e. The van der Waals surface area contributed by atoms with Crippen LogP contribution in [0, 0.1) is 21.8 Å². The smallest absolute Gasteiger partial charge is 0.148 e. The number of nitrogens with one attached hydrogen (secondary N) is 1. The van der Waals surface area contributed by atoms with Crippen molar-refractivity contribution in [3.05, 3.63) is 49.6 Å². The van der Waals surface area contributed by atoms with Crippen LogP contribution in [0.25, 0.3) is 0 Å². The highest BCUT2D eigenvalue weighted by Gasteiger charge is 2.07. The number of halogens is 2. The van der Waals surface area contributed by atoms with E-state index in [1.54, 1.807) is 6.07 Å². The molecule has 1 aromatic carbocycles. The van der Waals surface area contributed by atoms with Gasteiger partial charge in [-0.15, -0.1) is 0 Å². The standard InChI is InChI=1S/C13H9BrIN3/c1-8-2-3-9(7-16)13(17-8)18-12-6-10(15)4-5-11(12)14/h2-6H,1H3,(H,17,18). The van der Waals surface area contributed by atoms with E-state index in [0.717, 1.165) is 19.4 Å². The number of aromatic nitrogens is 1. The molecule has 90 valence electrons. The Balaban J connectivity index is 2.43. The molecular weight excluding hydrogens is 405 g/mol. The first-order valence-electron chi connectivity index (χ1n) is 5.20. The van der Waals surface area contributed by atoms with Crippen molar-refractivity contribution in [1.82, 2.24) is 4.98 Å². The van der Waals surface area contributed by atoms with Crippen LogP contribution in [-0.2, 0) is 0 Å². The molecule has 2 aromatic rings. The van der Waals surface area contributed by atoms with Gasteiger partial charge in [0.2, 0.25) is 0 Å². The molecule has 0 spiro atoms. The van der Waals surface area contributed by atoms with Crippen LogP contribution in [0.5, 0.6) is 0 Å². The predicted molar refractivity (Wildman–Crippen MR) is 83.8 cm³/mol. The molecule has 0 aliphatic carbocycles. The molecule has 0 aliphatic heterocycles. The molecule has 2 rings (SSSR count). The quantitative estimate of drug-likeness (QED) is 0.743. The number of rotatable bonds is 2. The van der Waals surface area contributed by atoms with E-state index in [-0.39, 0.29) is 0 Å². The summed E-state index contributed by atoms with van der Waals surface area (Å²) in [7, 11) is 0. The van der Waals surface area contributed by atoms with Crippen molar-refractivity contribution in [3.8, 4) is 6.07 Å². The van der Waals surface area contributed by atoms with Gasteiger partial charge in [-0.2, -0.15) is 5.26 Å². The minimum atomic E-state index is 0.534. The van der Waals surface area contributed by atoms with Crippen LogP contribution in [0.15, 0.2) is 34.8 Å². The third-order valence-corrected chi connectivity index (χ3v) is 3.70. The lowest BCUT2D eigenvalue weighted by molar-refractivity contribution is 1.18. The highest BCUT2D eigenvalue weighted by molar-refractivity contribution is 14.1. The summed E-state index contributed by atoms with van der Waals surface area (Å²) in [5.74, 6) is 0.584. The number of hydrogen-bond acceptors (Lipinski definition) is 3. The summed E-state index contributed by atoms with van der Waals surface area (Å²) in [6.45, 7) is 1.90. The Bertz CT molecular complexity index is 635. The van der Waals surface area contributed by atoms with Crippen LogP contribution in [0.2, 0.25) is 0 Å². The second-order valence-corrected chi connectivity index (χ2v) is 5.81. The number of hydrogen-bond donors (Lipinski definition) is 1. The lowest BCUT2D eigenvalue weighted by Gasteiger charge is -2.10. The predicted octanol–water partition coefficient (Wildman–Crippen LogP) is 4.37. The highest BCUT2D eigenvalue weighted by atomic mass is 127. The van der Waals surface area contributed by atoms with Gasteiger partial charge in [0, 0.05) is 13.7 Å². The summed E-state index contributed by atoms with van der Waals surface area (Å²) >= 11 is 5.72. The molecule has 0 aliphatic rings. The van der Waals surface area contributed by atoms with Crippen LogP contribution in [0.4, 0.5) is 11.5 Å². The maximum atomic E-state index is 9.07. The minimum absolute atomic E-state index is 0.534. The van der Waals surface area contributed by atoms with Gasteiger partial charge in [0.25, 0.3) is 0 Å². The van der Waals surface area contributed by atoms with Gasteiger partial charge >= 0.3 is 0 Å². The molecule has 5 heteroatoms. The van der Waals surface area contributed by atoms with Crippen LogP contribution in [0.1, 0.15) is 11.3 Å². The van der Waals surface area contributed by atoms with E-state index in [0.29, 0.717) is 11.4 Å². The van der Waals surface area contributed by atoms with Crippen molar-refractivity contribution in [2.24, 2.45) is 0 Å². The number of nitriles is 1. The maximum absolute atomic E-state index is 9.07. The van der Waals surface area contributed by atoms with Gasteiger partial charge in [0.15, 0.2) is 0 Å². The summed E-state index contributed by atoms with van der Waals surface area (Å²) in [5.41, 5.74) is 2.31. The van der Waals surface area contributed by atoms with E-state index in [9.17, 15) is 0 Å². The van der Waals surface area contributed by atoms with Gasteiger partial charge in [-0.1, -0.05) is 0 Å². The van der Waals surface area contributed by atoms with Crippen molar-refractivity contribution in [1.29, 1.82) is 5.26 Å². The van der Waals surface area contributed by atoms with E-state index >= 15 is 0 Å². The molecule has 0 bridgehead atoms. The topological polar surface area (TPSA) is 48.7 Å². The molecule has 0 saturated heterocycles. The Morgan fingerprint density at radius 2 is 2.11 bits per heavy atom. The van der Waals surface area contributed by atoms with Gasteiger partial charge in [-0.05, 0) is 75.8 Å². The normalized spacial score (nSPS) is 9.89. The van der Waals surface area contributed by atoms with Crippen molar-refractivity contribution in [3.63, 3.8) is 0 Å². The average molecular weight is 414 g/mol. The van der Waals surface area contributed by atoms with Crippen molar-refractivity contribution < 1.29 is 0 Å². The average Bonchev–Trinajstić information content (AvgIpc) is 2.34. The zero-order valence-electron chi connectivity index (χ0n) is 9.54. The number of pyridine rings is 1. The Kier molecular flexibility index (Phi) is 4.19. The van der Waals surface area contributed by atoms with E-state index in [1.165, 1.54) is 0 Å². The van der Waals surface area contributed by atoms with E-state index in [4.69, 9.17) is 5.26 Å². The molecule has 0 unspecified atom stereocenters. The fraction of sp³-hybridized carbons (Fsp3) is 0.0769. The van der Waals surface area contributed by atoms with Gasteiger partial charge < -0.3 is 5.32 Å². The second-order valence-electron chi connectivity index (χ2n) is 3.71. The second kappa shape index (κ2) is 5.67. The molecule has 1 heterocycles. The lowest BCUT2D eigenvalue weighted by Crippen LogP contribution is -1.99. The summed E-state index contributed by atoms with van der Waals surface area (Å²) in [6, 6.07) is 11.7. The lowest BCUT2D eigenvalue weighted by atomic mass is 10.2. The van der Waals surface area contributed by atoms with Crippen LogP contribution in [0.3, 0.4) is 0 Å². The van der Waals surface area contributed by atoms with Crippen molar-refractivity contribution in [2.45, 2.75) is 6.92 Å². The van der Waals surface area contributed by atoms with E-state index in [1.807, 2.05) is 31.2 Å². The van der Waals surface area contributed by atoms with Gasteiger partial charge in [0.1, 0.15) is 11.9 Å². The SMILES string of the molecule is Cc1ccc(C#N)c(Nc2cc(I)ccc2Br)n1. The van der Waals surface area contributed by atoms with Gasteiger partial charge in [-0.25, -0.2) is 4.98 Å². The van der Waals surface area contributed by atoms with Crippen LogP contribution in [-0.4, -0.2) is 4.98 Å². The third-order valence-electron chi connectivity index (χ3n) is 2.34. The molecule has 0 atom stereocenters. The fourth-order valence-electron chi connectivity index (χ4n) is 1.46. The minimum Gasteiger partial charge on any atom is -0.338 e.